The van der Waals surface area contributed by atoms with Crippen molar-refractivity contribution >= 4 is 15.7 Å². The third kappa shape index (κ3) is 4.33. The van der Waals surface area contributed by atoms with Crippen LogP contribution in [0.2, 0.25) is 0 Å². The molecular formula is C11H18N2O3S. The van der Waals surface area contributed by atoms with Gasteiger partial charge in [-0.3, -0.25) is 0 Å². The summed E-state index contributed by atoms with van der Waals surface area (Å²) < 4.78 is 22.7. The zero-order chi connectivity index (χ0) is 13.1. The highest BCUT2D eigenvalue weighted by Gasteiger charge is 2.15. The maximum atomic E-state index is 11.3. The summed E-state index contributed by atoms with van der Waals surface area (Å²) in [5.74, 6) is 0. The number of aliphatic hydroxyl groups is 1. The molecule has 0 radical (unpaired) electrons. The molecule has 0 spiro atoms. The second-order valence-electron chi connectivity index (χ2n) is 4.17. The fraction of sp³-hybridized carbons (Fsp3) is 0.455. The second-order valence-corrected chi connectivity index (χ2v) is 5.70. The normalized spacial score (nSPS) is 15.3. The third-order valence-corrected chi connectivity index (χ3v) is 3.26. The van der Waals surface area contributed by atoms with Crippen molar-refractivity contribution in [2.24, 2.45) is 5.14 Å². The smallest absolute Gasteiger partial charge is 0.240 e. The minimum atomic E-state index is -3.73. The standard InChI is InChI=1S/C11H18N2O3S/c1-8(7-9(2)14)13-10-5-3-4-6-11(10)17(12,15)16/h3-6,8-9,13-14H,7H2,1-2H3,(H2,12,15,16). The third-order valence-electron chi connectivity index (χ3n) is 2.29. The van der Waals surface area contributed by atoms with Gasteiger partial charge in [-0.05, 0) is 32.4 Å². The first-order valence-electron chi connectivity index (χ1n) is 5.37. The van der Waals surface area contributed by atoms with Crippen LogP contribution >= 0.6 is 0 Å². The van der Waals surface area contributed by atoms with Crippen LogP contribution in [-0.2, 0) is 10.0 Å². The van der Waals surface area contributed by atoms with Gasteiger partial charge in [-0.1, -0.05) is 12.1 Å². The van der Waals surface area contributed by atoms with Crippen LogP contribution in [0.15, 0.2) is 29.2 Å². The summed E-state index contributed by atoms with van der Waals surface area (Å²) in [5, 5.41) is 17.4. The van der Waals surface area contributed by atoms with Crippen LogP contribution in [0.1, 0.15) is 20.3 Å². The van der Waals surface area contributed by atoms with Gasteiger partial charge < -0.3 is 10.4 Å². The van der Waals surface area contributed by atoms with E-state index in [0.29, 0.717) is 12.1 Å². The van der Waals surface area contributed by atoms with Crippen molar-refractivity contribution in [3.63, 3.8) is 0 Å². The Morgan fingerprint density at radius 1 is 1.35 bits per heavy atom. The average Bonchev–Trinajstić information content (AvgIpc) is 2.15. The average molecular weight is 258 g/mol. The van der Waals surface area contributed by atoms with Crippen LogP contribution < -0.4 is 10.5 Å². The zero-order valence-corrected chi connectivity index (χ0v) is 10.7. The Balaban J connectivity index is 2.92. The molecule has 6 heteroatoms. The molecule has 0 aromatic heterocycles. The minimum Gasteiger partial charge on any atom is -0.393 e. The number of nitrogens with one attached hydrogen (secondary N) is 1. The summed E-state index contributed by atoms with van der Waals surface area (Å²) >= 11 is 0. The van der Waals surface area contributed by atoms with E-state index in [1.165, 1.54) is 6.07 Å². The van der Waals surface area contributed by atoms with Crippen molar-refractivity contribution in [1.82, 2.24) is 0 Å². The molecule has 0 fully saturated rings. The molecule has 0 aliphatic heterocycles. The molecule has 0 heterocycles. The topological polar surface area (TPSA) is 92.4 Å². The molecule has 2 unspecified atom stereocenters. The van der Waals surface area contributed by atoms with Gasteiger partial charge in [0.25, 0.3) is 0 Å². The number of rotatable bonds is 5. The van der Waals surface area contributed by atoms with Crippen molar-refractivity contribution < 1.29 is 13.5 Å². The quantitative estimate of drug-likeness (QED) is 0.731. The monoisotopic (exact) mass is 258 g/mol. The van der Waals surface area contributed by atoms with Gasteiger partial charge in [0.2, 0.25) is 10.0 Å². The van der Waals surface area contributed by atoms with Crippen molar-refractivity contribution in [3.05, 3.63) is 24.3 Å². The number of aliphatic hydroxyl groups excluding tert-OH is 1. The van der Waals surface area contributed by atoms with E-state index >= 15 is 0 Å². The molecule has 1 aromatic rings. The Morgan fingerprint density at radius 3 is 2.47 bits per heavy atom. The van der Waals surface area contributed by atoms with E-state index in [-0.39, 0.29) is 10.9 Å². The predicted molar refractivity (Wildman–Crippen MR) is 67.2 cm³/mol. The Labute approximate surface area is 102 Å². The highest BCUT2D eigenvalue weighted by atomic mass is 32.2. The zero-order valence-electron chi connectivity index (χ0n) is 9.92. The first-order chi connectivity index (χ1) is 7.80. The van der Waals surface area contributed by atoms with Gasteiger partial charge in [0.05, 0.1) is 11.8 Å². The number of benzene rings is 1. The summed E-state index contributed by atoms with van der Waals surface area (Å²) in [4.78, 5) is 0.0671. The number of nitrogens with two attached hydrogens (primary N) is 1. The summed E-state index contributed by atoms with van der Waals surface area (Å²) in [5.41, 5.74) is 0.461. The highest BCUT2D eigenvalue weighted by Crippen LogP contribution is 2.20. The number of primary sulfonamides is 1. The number of para-hydroxylation sites is 1. The number of hydrogen-bond acceptors (Lipinski definition) is 4. The lowest BCUT2D eigenvalue weighted by Gasteiger charge is -2.18. The van der Waals surface area contributed by atoms with Gasteiger partial charge in [0, 0.05) is 6.04 Å². The number of anilines is 1. The molecule has 1 aromatic carbocycles. The van der Waals surface area contributed by atoms with Crippen LogP contribution in [0, 0.1) is 0 Å². The molecule has 0 aliphatic carbocycles. The van der Waals surface area contributed by atoms with E-state index in [2.05, 4.69) is 5.32 Å². The Bertz CT molecular complexity index is 471. The first kappa shape index (κ1) is 14.0. The van der Waals surface area contributed by atoms with E-state index in [4.69, 9.17) is 5.14 Å². The molecule has 0 saturated heterocycles. The van der Waals surface area contributed by atoms with Crippen LogP contribution in [0.5, 0.6) is 0 Å². The number of sulfonamides is 1. The fourth-order valence-corrected chi connectivity index (χ4v) is 2.37. The molecule has 0 bridgehead atoms. The maximum absolute atomic E-state index is 11.3. The largest absolute Gasteiger partial charge is 0.393 e. The SMILES string of the molecule is CC(O)CC(C)Nc1ccccc1S(N)(=O)=O. The van der Waals surface area contributed by atoms with Crippen LogP contribution in [-0.4, -0.2) is 25.7 Å². The van der Waals surface area contributed by atoms with E-state index in [1.54, 1.807) is 25.1 Å². The van der Waals surface area contributed by atoms with Gasteiger partial charge in [-0.2, -0.15) is 0 Å². The van der Waals surface area contributed by atoms with Crippen LogP contribution in [0.25, 0.3) is 0 Å². The van der Waals surface area contributed by atoms with Gasteiger partial charge in [-0.15, -0.1) is 0 Å². The van der Waals surface area contributed by atoms with Gasteiger partial charge >= 0.3 is 0 Å². The lowest BCUT2D eigenvalue weighted by Crippen LogP contribution is -2.23. The van der Waals surface area contributed by atoms with Crippen molar-refractivity contribution in [1.29, 1.82) is 0 Å². The lowest BCUT2D eigenvalue weighted by atomic mass is 10.1. The minimum absolute atomic E-state index is 0.0436. The Morgan fingerprint density at radius 2 is 1.94 bits per heavy atom. The molecule has 0 amide bonds. The van der Waals surface area contributed by atoms with Gasteiger partial charge in [0.15, 0.2) is 0 Å². The molecule has 96 valence electrons. The van der Waals surface area contributed by atoms with Crippen molar-refractivity contribution in [3.8, 4) is 0 Å². The summed E-state index contributed by atoms with van der Waals surface area (Å²) in [7, 11) is -3.73. The molecule has 5 nitrogen and oxygen atoms in total. The molecule has 0 saturated carbocycles. The molecule has 17 heavy (non-hydrogen) atoms. The highest BCUT2D eigenvalue weighted by molar-refractivity contribution is 7.89. The van der Waals surface area contributed by atoms with Gasteiger partial charge in [0.1, 0.15) is 4.90 Å². The first-order valence-corrected chi connectivity index (χ1v) is 6.91. The summed E-state index contributed by atoms with van der Waals surface area (Å²) in [6.45, 7) is 3.55. The Hall–Kier alpha value is -1.11. The Kier molecular flexibility index (Phi) is 4.50. The van der Waals surface area contributed by atoms with E-state index in [0.717, 1.165) is 0 Å². The molecular weight excluding hydrogens is 240 g/mol. The van der Waals surface area contributed by atoms with Crippen LogP contribution in [0.4, 0.5) is 5.69 Å². The van der Waals surface area contributed by atoms with Crippen molar-refractivity contribution in [2.75, 3.05) is 5.32 Å². The summed E-state index contributed by atoms with van der Waals surface area (Å²) in [6.07, 6.45) is 0.0815. The van der Waals surface area contributed by atoms with E-state index < -0.39 is 16.1 Å². The number of hydrogen-bond donors (Lipinski definition) is 3. The maximum Gasteiger partial charge on any atom is 0.240 e. The van der Waals surface area contributed by atoms with Gasteiger partial charge in [-0.25, -0.2) is 13.6 Å². The molecule has 2 atom stereocenters. The fourth-order valence-electron chi connectivity index (χ4n) is 1.67. The predicted octanol–water partition coefficient (Wildman–Crippen LogP) is 0.905. The van der Waals surface area contributed by atoms with E-state index in [9.17, 15) is 13.5 Å². The molecule has 1 rings (SSSR count). The van der Waals surface area contributed by atoms with E-state index in [1.807, 2.05) is 6.92 Å². The van der Waals surface area contributed by atoms with Crippen molar-refractivity contribution in [2.45, 2.75) is 37.3 Å². The molecule has 0 aliphatic rings. The van der Waals surface area contributed by atoms with Crippen LogP contribution in [0.3, 0.4) is 0 Å². The molecule has 4 N–H and O–H groups in total. The summed E-state index contributed by atoms with van der Waals surface area (Å²) in [6, 6.07) is 6.40. The second kappa shape index (κ2) is 5.48. The lowest BCUT2D eigenvalue weighted by molar-refractivity contribution is 0.179.